The van der Waals surface area contributed by atoms with Crippen molar-refractivity contribution in [2.45, 2.75) is 19.9 Å². The van der Waals surface area contributed by atoms with Crippen molar-refractivity contribution in [1.29, 1.82) is 0 Å². The van der Waals surface area contributed by atoms with Crippen LogP contribution in [0.1, 0.15) is 16.8 Å². The van der Waals surface area contributed by atoms with Crippen molar-refractivity contribution in [3.8, 4) is 11.5 Å². The average molecular weight is 396 g/mol. The van der Waals surface area contributed by atoms with Gasteiger partial charge in [0.05, 0.1) is 24.5 Å². The van der Waals surface area contributed by atoms with Gasteiger partial charge in [-0.2, -0.15) is 5.10 Å². The molecule has 0 fully saturated rings. The smallest absolute Gasteiger partial charge is 0.205 e. The molecule has 148 valence electrons. The minimum Gasteiger partial charge on any atom is -0.456 e. The molecule has 0 saturated heterocycles. The third-order valence-electron chi connectivity index (χ3n) is 5.43. The molecule has 0 bridgehead atoms. The van der Waals surface area contributed by atoms with Gasteiger partial charge in [-0.05, 0) is 48.4 Å². The topological polar surface area (TPSA) is 60.4 Å². The Morgan fingerprint density at radius 1 is 1.07 bits per heavy atom. The maximum atomic E-state index is 7.16. The summed E-state index contributed by atoms with van der Waals surface area (Å²) in [5.41, 5.74) is 4.87. The summed E-state index contributed by atoms with van der Waals surface area (Å²) in [5.74, 6) is 2.39. The second kappa shape index (κ2) is 7.16. The third kappa shape index (κ3) is 3.22. The molecule has 7 heteroatoms. The van der Waals surface area contributed by atoms with Crippen LogP contribution in [0.3, 0.4) is 0 Å². The van der Waals surface area contributed by atoms with Crippen LogP contribution in [0.5, 0.6) is 11.5 Å². The Labute approximate surface area is 174 Å². The molecule has 3 aromatic heterocycles. The van der Waals surface area contributed by atoms with Crippen LogP contribution in [-0.4, -0.2) is 26.3 Å². The van der Waals surface area contributed by atoms with Gasteiger partial charge in [-0.15, -0.1) is 0 Å². The zero-order valence-corrected chi connectivity index (χ0v) is 16.8. The summed E-state index contributed by atoms with van der Waals surface area (Å²) in [5, 5.41) is 5.32. The molecule has 1 aliphatic rings. The van der Waals surface area contributed by atoms with Crippen molar-refractivity contribution in [2.75, 3.05) is 11.4 Å². The molecular formula is C23H20N6O. The first-order chi connectivity index (χ1) is 14.6. The van der Waals surface area contributed by atoms with E-state index in [1.165, 1.54) is 0 Å². The monoisotopic (exact) mass is 396 g/mol. The van der Waals surface area contributed by atoms with Crippen LogP contribution in [0, 0.1) is 13.5 Å². The molecule has 0 unspecified atom stereocenters. The highest BCUT2D eigenvalue weighted by atomic mass is 16.5. The zero-order chi connectivity index (χ0) is 20.7. The lowest BCUT2D eigenvalue weighted by atomic mass is 10.0. The Morgan fingerprint density at radius 3 is 2.80 bits per heavy atom. The highest BCUT2D eigenvalue weighted by Crippen LogP contribution is 2.30. The van der Waals surface area contributed by atoms with Crippen molar-refractivity contribution in [1.82, 2.24) is 19.7 Å². The number of aryl methyl sites for hydroxylation is 2. The van der Waals surface area contributed by atoms with Gasteiger partial charge < -0.3 is 9.64 Å². The van der Waals surface area contributed by atoms with Crippen molar-refractivity contribution in [3.05, 3.63) is 77.2 Å². The van der Waals surface area contributed by atoms with E-state index in [1.807, 2.05) is 49.1 Å². The van der Waals surface area contributed by atoms with Gasteiger partial charge in [0.25, 0.3) is 0 Å². The summed E-state index contributed by atoms with van der Waals surface area (Å²) < 4.78 is 7.93. The first-order valence-corrected chi connectivity index (χ1v) is 9.77. The second-order valence-electron chi connectivity index (χ2n) is 7.49. The van der Waals surface area contributed by atoms with Crippen LogP contribution in [0.4, 0.5) is 11.5 Å². The predicted molar refractivity (Wildman–Crippen MR) is 115 cm³/mol. The summed E-state index contributed by atoms with van der Waals surface area (Å²) in [6, 6.07) is 9.89. The first-order valence-electron chi connectivity index (χ1n) is 9.77. The standard InChI is InChI=1S/C23H20N6O/c1-15-8-18(24-2)12-26-23(15)29-7-6-21-17(14-29)10-20(13-25-21)30-19-4-5-22-16(9-19)11-27-28(22)3/h4-5,8-13H,6-7,14H2,1,3H3. The highest BCUT2D eigenvalue weighted by molar-refractivity contribution is 5.80. The number of anilines is 1. The third-order valence-corrected chi connectivity index (χ3v) is 5.43. The molecule has 5 rings (SSSR count). The predicted octanol–water partition coefficient (Wildman–Crippen LogP) is 4.58. The number of hydrogen-bond acceptors (Lipinski definition) is 5. The summed E-state index contributed by atoms with van der Waals surface area (Å²) >= 11 is 0. The number of fused-ring (bicyclic) bond motifs is 2. The van der Waals surface area contributed by atoms with Gasteiger partial charge in [-0.25, -0.2) is 4.85 Å². The number of aromatic nitrogens is 4. The van der Waals surface area contributed by atoms with Crippen molar-refractivity contribution in [2.24, 2.45) is 7.05 Å². The minimum atomic E-state index is 0.566. The van der Waals surface area contributed by atoms with Crippen molar-refractivity contribution >= 4 is 22.4 Å². The van der Waals surface area contributed by atoms with Crippen molar-refractivity contribution < 1.29 is 4.74 Å². The van der Waals surface area contributed by atoms with Crippen LogP contribution in [0.25, 0.3) is 15.7 Å². The molecule has 0 amide bonds. The summed E-state index contributed by atoms with van der Waals surface area (Å²) in [7, 11) is 1.92. The van der Waals surface area contributed by atoms with Crippen molar-refractivity contribution in [3.63, 3.8) is 0 Å². The minimum absolute atomic E-state index is 0.566. The second-order valence-corrected chi connectivity index (χ2v) is 7.49. The molecule has 0 aliphatic carbocycles. The molecule has 7 nitrogen and oxygen atoms in total. The average Bonchev–Trinajstić information content (AvgIpc) is 3.13. The number of benzene rings is 1. The Morgan fingerprint density at radius 2 is 1.97 bits per heavy atom. The van der Waals surface area contributed by atoms with E-state index < -0.39 is 0 Å². The van der Waals surface area contributed by atoms with E-state index in [9.17, 15) is 0 Å². The lowest BCUT2D eigenvalue weighted by Crippen LogP contribution is -2.32. The molecule has 0 radical (unpaired) electrons. The van der Waals surface area contributed by atoms with Crippen LogP contribution >= 0.6 is 0 Å². The molecule has 0 N–H and O–H groups in total. The Bertz CT molecular complexity index is 1300. The van der Waals surface area contributed by atoms with Crippen LogP contribution < -0.4 is 9.64 Å². The van der Waals surface area contributed by atoms with Gasteiger partial charge in [0, 0.05) is 43.8 Å². The molecule has 0 spiro atoms. The van der Waals surface area contributed by atoms with E-state index in [1.54, 1.807) is 12.4 Å². The number of ether oxygens (including phenoxy) is 1. The van der Waals surface area contributed by atoms with E-state index >= 15 is 0 Å². The van der Waals surface area contributed by atoms with E-state index in [-0.39, 0.29) is 0 Å². The Hall–Kier alpha value is -3.92. The molecule has 30 heavy (non-hydrogen) atoms. The zero-order valence-electron chi connectivity index (χ0n) is 16.8. The summed E-state index contributed by atoms with van der Waals surface area (Å²) in [4.78, 5) is 14.8. The molecule has 1 aliphatic heterocycles. The summed E-state index contributed by atoms with van der Waals surface area (Å²) in [6.45, 7) is 10.7. The molecule has 4 aromatic rings. The fraction of sp³-hybridized carbons (Fsp3) is 0.217. The lowest BCUT2D eigenvalue weighted by Gasteiger charge is -2.30. The molecule has 1 aromatic carbocycles. The maximum Gasteiger partial charge on any atom is 0.205 e. The first kappa shape index (κ1) is 18.1. The highest BCUT2D eigenvalue weighted by Gasteiger charge is 2.21. The molecule has 4 heterocycles. The van der Waals surface area contributed by atoms with Crippen LogP contribution in [0.15, 0.2) is 48.9 Å². The van der Waals surface area contributed by atoms with E-state index in [4.69, 9.17) is 11.3 Å². The van der Waals surface area contributed by atoms with Gasteiger partial charge >= 0.3 is 0 Å². The van der Waals surface area contributed by atoms with Gasteiger partial charge in [0.1, 0.15) is 17.3 Å². The molecule has 0 atom stereocenters. The normalized spacial score (nSPS) is 13.2. The summed E-state index contributed by atoms with van der Waals surface area (Å²) in [6.07, 6.45) is 6.11. The van der Waals surface area contributed by atoms with E-state index in [0.29, 0.717) is 18.0 Å². The molecule has 0 saturated carbocycles. The Kier molecular flexibility index (Phi) is 4.32. The number of nitrogens with zero attached hydrogens (tertiary/aromatic N) is 6. The number of pyridine rings is 2. The Balaban J connectivity index is 1.39. The SMILES string of the molecule is [C-]#[N+]c1cnc(N2CCc3ncc(Oc4ccc5c(cnn5C)c4)cc3C2)c(C)c1. The number of hydrogen-bond donors (Lipinski definition) is 0. The van der Waals surface area contributed by atoms with Gasteiger partial charge in [-0.1, -0.05) is 0 Å². The van der Waals surface area contributed by atoms with Crippen LogP contribution in [-0.2, 0) is 20.0 Å². The maximum absolute atomic E-state index is 7.16. The fourth-order valence-electron chi connectivity index (χ4n) is 3.93. The lowest BCUT2D eigenvalue weighted by molar-refractivity contribution is 0.478. The number of rotatable bonds is 3. The molecular weight excluding hydrogens is 376 g/mol. The van der Waals surface area contributed by atoms with E-state index in [2.05, 4.69) is 30.9 Å². The largest absolute Gasteiger partial charge is 0.456 e. The van der Waals surface area contributed by atoms with Gasteiger partial charge in [0.15, 0.2) is 0 Å². The fourth-order valence-corrected chi connectivity index (χ4v) is 3.93. The van der Waals surface area contributed by atoms with E-state index in [0.717, 1.165) is 52.3 Å². The quantitative estimate of drug-likeness (QED) is 0.475. The van der Waals surface area contributed by atoms with Gasteiger partial charge in [-0.3, -0.25) is 14.6 Å². The van der Waals surface area contributed by atoms with Gasteiger partial charge in [0.2, 0.25) is 5.69 Å². The van der Waals surface area contributed by atoms with Crippen LogP contribution in [0.2, 0.25) is 0 Å².